The maximum atomic E-state index is 13.1. The number of nitrogens with one attached hydrogen (secondary N) is 2. The fourth-order valence-corrected chi connectivity index (χ4v) is 3.59. The van der Waals surface area contributed by atoms with Crippen molar-refractivity contribution in [2.75, 3.05) is 19.5 Å². The zero-order chi connectivity index (χ0) is 24.1. The molecule has 0 bridgehead atoms. The number of aromatic nitrogens is 2. The molecule has 0 radical (unpaired) electrons. The number of carbonyl (C=O) groups is 2. The first-order valence-electron chi connectivity index (χ1n) is 10.8. The predicted octanol–water partition coefficient (Wildman–Crippen LogP) is 4.82. The fourth-order valence-electron chi connectivity index (χ4n) is 3.59. The highest BCUT2D eigenvalue weighted by Crippen LogP contribution is 2.30. The number of rotatable bonds is 8. The normalized spacial score (nSPS) is 11.6. The number of fused-ring (bicyclic) bond motifs is 1. The number of hydrogen-bond acceptors (Lipinski definition) is 6. The third-order valence-electron chi connectivity index (χ3n) is 5.37. The van der Waals surface area contributed by atoms with Crippen molar-refractivity contribution in [2.24, 2.45) is 0 Å². The first-order chi connectivity index (χ1) is 16.5. The molecule has 0 saturated heterocycles. The summed E-state index contributed by atoms with van der Waals surface area (Å²) in [6, 6.07) is 19.7. The highest BCUT2D eigenvalue weighted by Gasteiger charge is 2.25. The van der Waals surface area contributed by atoms with Gasteiger partial charge in [0.25, 0.3) is 5.91 Å². The van der Waals surface area contributed by atoms with Crippen molar-refractivity contribution >= 4 is 28.6 Å². The minimum absolute atomic E-state index is 0.288. The smallest absolute Gasteiger partial charge is 0.339 e. The fraction of sp³-hybridized carbons (Fsp3) is 0.192. The van der Waals surface area contributed by atoms with Crippen LogP contribution in [-0.4, -0.2) is 42.2 Å². The molecule has 0 aliphatic heterocycles. The predicted molar refractivity (Wildman–Crippen MR) is 129 cm³/mol. The first kappa shape index (κ1) is 22.8. The Kier molecular flexibility index (Phi) is 6.77. The van der Waals surface area contributed by atoms with Crippen LogP contribution in [0.2, 0.25) is 0 Å². The number of amides is 1. The SMILES string of the molecule is CCC(OC(=O)c1ccccc1-c1nc2ccccc2[nH]1)C(=O)Nc1cc(OC)ccc1OC. The van der Waals surface area contributed by atoms with Gasteiger partial charge >= 0.3 is 5.97 Å². The summed E-state index contributed by atoms with van der Waals surface area (Å²) in [4.78, 5) is 33.9. The maximum absolute atomic E-state index is 13.1. The summed E-state index contributed by atoms with van der Waals surface area (Å²) in [5.74, 6) is 0.484. The Bertz CT molecular complexity index is 1300. The van der Waals surface area contributed by atoms with Gasteiger partial charge in [-0.25, -0.2) is 9.78 Å². The molecule has 8 heteroatoms. The number of benzene rings is 3. The van der Waals surface area contributed by atoms with Crippen LogP contribution in [0.15, 0.2) is 66.7 Å². The Balaban J connectivity index is 1.56. The standard InChI is InChI=1S/C26H25N3O5/c1-4-22(25(30)29-21-15-16(32-2)13-14-23(21)33-3)34-26(31)18-10-6-5-9-17(18)24-27-19-11-7-8-12-20(19)28-24/h5-15,22H,4H2,1-3H3,(H,27,28)(H,29,30). The summed E-state index contributed by atoms with van der Waals surface area (Å²) in [7, 11) is 3.04. The summed E-state index contributed by atoms with van der Waals surface area (Å²) in [5.41, 5.74) is 2.97. The number of ether oxygens (including phenoxy) is 3. The number of methoxy groups -OCH3 is 2. The number of carbonyl (C=O) groups excluding carboxylic acids is 2. The number of imidazole rings is 1. The van der Waals surface area contributed by atoms with Crippen molar-refractivity contribution in [1.29, 1.82) is 0 Å². The van der Waals surface area contributed by atoms with Crippen molar-refractivity contribution in [1.82, 2.24) is 9.97 Å². The molecule has 8 nitrogen and oxygen atoms in total. The molecule has 3 aromatic carbocycles. The molecule has 4 aromatic rings. The summed E-state index contributed by atoms with van der Waals surface area (Å²) in [6.45, 7) is 1.77. The van der Waals surface area contributed by atoms with Gasteiger partial charge in [-0.05, 0) is 36.8 Å². The maximum Gasteiger partial charge on any atom is 0.339 e. The molecule has 2 N–H and O–H groups in total. The highest BCUT2D eigenvalue weighted by atomic mass is 16.5. The van der Waals surface area contributed by atoms with Crippen LogP contribution in [0.1, 0.15) is 23.7 Å². The van der Waals surface area contributed by atoms with E-state index in [1.807, 2.05) is 30.3 Å². The molecule has 1 atom stereocenters. The van der Waals surface area contributed by atoms with Crippen LogP contribution in [0.4, 0.5) is 5.69 Å². The molecule has 1 aromatic heterocycles. The number of para-hydroxylation sites is 2. The second-order valence-corrected chi connectivity index (χ2v) is 7.51. The minimum atomic E-state index is -1.01. The quantitative estimate of drug-likeness (QED) is 0.366. The third-order valence-corrected chi connectivity index (χ3v) is 5.37. The molecular formula is C26H25N3O5. The van der Waals surface area contributed by atoms with E-state index in [1.54, 1.807) is 43.3 Å². The van der Waals surface area contributed by atoms with E-state index in [9.17, 15) is 9.59 Å². The van der Waals surface area contributed by atoms with Gasteiger partial charge in [0.05, 0.1) is 36.5 Å². The molecular weight excluding hydrogens is 434 g/mol. The van der Waals surface area contributed by atoms with Crippen molar-refractivity contribution in [3.8, 4) is 22.9 Å². The zero-order valence-corrected chi connectivity index (χ0v) is 19.1. The van der Waals surface area contributed by atoms with Gasteiger partial charge < -0.3 is 24.5 Å². The Hall–Kier alpha value is -4.33. The number of anilines is 1. The first-order valence-corrected chi connectivity index (χ1v) is 10.8. The number of esters is 1. The molecule has 0 spiro atoms. The molecule has 0 saturated carbocycles. The minimum Gasteiger partial charge on any atom is -0.497 e. The van der Waals surface area contributed by atoms with Crippen LogP contribution in [-0.2, 0) is 9.53 Å². The average Bonchev–Trinajstić information content (AvgIpc) is 3.31. The van der Waals surface area contributed by atoms with E-state index in [4.69, 9.17) is 14.2 Å². The molecule has 174 valence electrons. The van der Waals surface area contributed by atoms with Gasteiger partial charge in [-0.1, -0.05) is 37.3 Å². The Morgan fingerprint density at radius 1 is 1.00 bits per heavy atom. The van der Waals surface area contributed by atoms with Gasteiger partial charge in [0.2, 0.25) is 0 Å². The van der Waals surface area contributed by atoms with E-state index in [0.717, 1.165) is 11.0 Å². The summed E-state index contributed by atoms with van der Waals surface area (Å²) in [6.07, 6.45) is -0.719. The molecule has 1 heterocycles. The van der Waals surface area contributed by atoms with E-state index in [0.29, 0.717) is 34.1 Å². The summed E-state index contributed by atoms with van der Waals surface area (Å²) < 4.78 is 16.2. The van der Waals surface area contributed by atoms with Gasteiger partial charge in [-0.2, -0.15) is 0 Å². The van der Waals surface area contributed by atoms with Crippen molar-refractivity contribution < 1.29 is 23.8 Å². The van der Waals surface area contributed by atoms with Crippen LogP contribution in [0.3, 0.4) is 0 Å². The number of H-pyrrole nitrogens is 1. The topological polar surface area (TPSA) is 103 Å². The van der Waals surface area contributed by atoms with Crippen molar-refractivity contribution in [2.45, 2.75) is 19.4 Å². The second-order valence-electron chi connectivity index (χ2n) is 7.51. The van der Waals surface area contributed by atoms with Crippen LogP contribution in [0, 0.1) is 0 Å². The van der Waals surface area contributed by atoms with Crippen molar-refractivity contribution in [3.05, 3.63) is 72.3 Å². The third kappa shape index (κ3) is 4.71. The van der Waals surface area contributed by atoms with Crippen LogP contribution < -0.4 is 14.8 Å². The van der Waals surface area contributed by atoms with Crippen LogP contribution in [0.25, 0.3) is 22.4 Å². The van der Waals surface area contributed by atoms with Crippen LogP contribution >= 0.6 is 0 Å². The lowest BCUT2D eigenvalue weighted by atomic mass is 10.1. The average molecular weight is 460 g/mol. The largest absolute Gasteiger partial charge is 0.497 e. The molecule has 0 fully saturated rings. The Morgan fingerprint density at radius 2 is 1.76 bits per heavy atom. The number of aromatic amines is 1. The lowest BCUT2D eigenvalue weighted by Crippen LogP contribution is -2.32. The van der Waals surface area contributed by atoms with E-state index < -0.39 is 18.0 Å². The Morgan fingerprint density at radius 3 is 2.50 bits per heavy atom. The van der Waals surface area contributed by atoms with E-state index in [1.165, 1.54) is 14.2 Å². The summed E-state index contributed by atoms with van der Waals surface area (Å²) in [5, 5.41) is 2.77. The lowest BCUT2D eigenvalue weighted by Gasteiger charge is -2.18. The highest BCUT2D eigenvalue weighted by molar-refractivity contribution is 6.01. The van der Waals surface area contributed by atoms with E-state index in [-0.39, 0.29) is 6.42 Å². The van der Waals surface area contributed by atoms with Gasteiger partial charge in [-0.3, -0.25) is 4.79 Å². The zero-order valence-electron chi connectivity index (χ0n) is 19.1. The summed E-state index contributed by atoms with van der Waals surface area (Å²) >= 11 is 0. The van der Waals surface area contributed by atoms with Gasteiger partial charge in [0, 0.05) is 11.6 Å². The molecule has 1 amide bonds. The van der Waals surface area contributed by atoms with Gasteiger partial charge in [0.1, 0.15) is 17.3 Å². The molecule has 34 heavy (non-hydrogen) atoms. The monoisotopic (exact) mass is 459 g/mol. The molecule has 0 aliphatic rings. The second kappa shape index (κ2) is 10.1. The van der Waals surface area contributed by atoms with Crippen molar-refractivity contribution in [3.63, 3.8) is 0 Å². The van der Waals surface area contributed by atoms with Gasteiger partial charge in [-0.15, -0.1) is 0 Å². The molecule has 4 rings (SSSR count). The lowest BCUT2D eigenvalue weighted by molar-refractivity contribution is -0.124. The number of hydrogen-bond donors (Lipinski definition) is 2. The molecule has 0 aliphatic carbocycles. The van der Waals surface area contributed by atoms with E-state index in [2.05, 4.69) is 15.3 Å². The van der Waals surface area contributed by atoms with E-state index >= 15 is 0 Å². The molecule has 1 unspecified atom stereocenters. The van der Waals surface area contributed by atoms with Gasteiger partial charge in [0.15, 0.2) is 6.10 Å². The Labute approximate surface area is 196 Å². The van der Waals surface area contributed by atoms with Crippen LogP contribution in [0.5, 0.6) is 11.5 Å². The number of nitrogens with zero attached hydrogens (tertiary/aromatic N) is 1.